The van der Waals surface area contributed by atoms with Crippen molar-refractivity contribution in [3.8, 4) is 11.4 Å². The second kappa shape index (κ2) is 7.10. The number of anilines is 2. The van der Waals surface area contributed by atoms with Gasteiger partial charge in [-0.1, -0.05) is 18.2 Å². The van der Waals surface area contributed by atoms with Crippen molar-refractivity contribution in [2.75, 3.05) is 23.9 Å². The van der Waals surface area contributed by atoms with Crippen LogP contribution in [0.25, 0.3) is 11.4 Å². The van der Waals surface area contributed by atoms with E-state index in [4.69, 9.17) is 9.97 Å². The van der Waals surface area contributed by atoms with Crippen LogP contribution in [-0.2, 0) is 0 Å². The van der Waals surface area contributed by atoms with E-state index in [0.717, 1.165) is 28.6 Å². The molecule has 2 aliphatic rings. The van der Waals surface area contributed by atoms with Crippen molar-refractivity contribution in [2.45, 2.75) is 47.0 Å². The smallest absolute Gasteiger partial charge is 0.164 e. The third-order valence-corrected chi connectivity index (χ3v) is 6.20. The van der Waals surface area contributed by atoms with E-state index in [9.17, 15) is 0 Å². The van der Waals surface area contributed by atoms with Gasteiger partial charge in [0.15, 0.2) is 5.82 Å². The van der Waals surface area contributed by atoms with Crippen molar-refractivity contribution in [1.82, 2.24) is 19.8 Å². The Morgan fingerprint density at radius 3 is 1.55 bits per heavy atom. The molecule has 29 heavy (non-hydrogen) atoms. The summed E-state index contributed by atoms with van der Waals surface area (Å²) in [6.45, 7) is 10.8. The summed E-state index contributed by atoms with van der Waals surface area (Å²) >= 11 is 0. The van der Waals surface area contributed by atoms with Crippen LogP contribution in [0.15, 0.2) is 43.0 Å². The molecule has 0 saturated carbocycles. The molecule has 6 heteroatoms. The first kappa shape index (κ1) is 19.3. The molecular formula is C23H30N6. The summed E-state index contributed by atoms with van der Waals surface area (Å²) in [4.78, 5) is 19.0. The molecule has 0 unspecified atom stereocenters. The molecule has 0 radical (unpaired) electrons. The highest BCUT2D eigenvalue weighted by Gasteiger charge is 2.29. The molecule has 0 aliphatic carbocycles. The highest BCUT2D eigenvalue weighted by atomic mass is 15.4. The Balaban J connectivity index is 1.93. The lowest BCUT2D eigenvalue weighted by atomic mass is 10.0. The predicted molar refractivity (Wildman–Crippen MR) is 119 cm³/mol. The van der Waals surface area contributed by atoms with Crippen LogP contribution in [0.4, 0.5) is 11.6 Å². The minimum Gasteiger partial charge on any atom is -0.359 e. The predicted octanol–water partition coefficient (Wildman–Crippen LogP) is 4.21. The summed E-state index contributed by atoms with van der Waals surface area (Å²) in [5.41, 5.74) is 4.58. The molecule has 0 amide bonds. The maximum Gasteiger partial charge on any atom is 0.164 e. The highest BCUT2D eigenvalue weighted by molar-refractivity contribution is 5.72. The first-order valence-electron chi connectivity index (χ1n) is 10.1. The zero-order valence-corrected chi connectivity index (χ0v) is 18.4. The van der Waals surface area contributed by atoms with E-state index in [-0.39, 0.29) is 12.3 Å². The third kappa shape index (κ3) is 3.12. The van der Waals surface area contributed by atoms with E-state index in [2.05, 4.69) is 111 Å². The molecule has 2 aliphatic heterocycles. The molecule has 4 rings (SSSR count). The molecule has 3 heterocycles. The molecule has 0 N–H and O–H groups in total. The van der Waals surface area contributed by atoms with Crippen molar-refractivity contribution in [1.29, 1.82) is 0 Å². The fraction of sp³-hybridized carbons (Fsp3) is 0.391. The number of aromatic nitrogens is 2. The van der Waals surface area contributed by atoms with Crippen molar-refractivity contribution < 1.29 is 0 Å². The minimum absolute atomic E-state index is 0.205. The number of nitrogens with zero attached hydrogens (tertiary/aromatic N) is 6. The summed E-state index contributed by atoms with van der Waals surface area (Å²) in [6.07, 6.45) is 8.81. The van der Waals surface area contributed by atoms with Gasteiger partial charge in [-0.2, -0.15) is 0 Å². The molecule has 1 aromatic heterocycles. The molecule has 2 aromatic rings. The Morgan fingerprint density at radius 2 is 1.17 bits per heavy atom. The molecule has 2 atom stereocenters. The molecule has 152 valence electrons. The van der Waals surface area contributed by atoms with Gasteiger partial charge in [0, 0.05) is 50.0 Å². The van der Waals surface area contributed by atoms with Crippen molar-refractivity contribution >= 4 is 11.6 Å². The van der Waals surface area contributed by atoms with Crippen LogP contribution in [0.3, 0.4) is 0 Å². The van der Waals surface area contributed by atoms with Gasteiger partial charge >= 0.3 is 0 Å². The van der Waals surface area contributed by atoms with E-state index in [1.54, 1.807) is 0 Å². The highest BCUT2D eigenvalue weighted by Crippen LogP contribution is 2.36. The SMILES string of the molecule is Cc1cccc(C)c1-c1nc(N2C=CN(C)[C@H]2C)c(C)c(N2C=CN(C)[C@@H]2C)n1. The summed E-state index contributed by atoms with van der Waals surface area (Å²) in [5.74, 6) is 2.69. The zero-order chi connectivity index (χ0) is 20.9. The average molecular weight is 391 g/mol. The lowest BCUT2D eigenvalue weighted by Gasteiger charge is -2.31. The Hall–Kier alpha value is -3.02. The van der Waals surface area contributed by atoms with Crippen molar-refractivity contribution in [2.24, 2.45) is 0 Å². The molecule has 0 bridgehead atoms. The maximum atomic E-state index is 5.08. The van der Waals surface area contributed by atoms with Gasteiger partial charge in [-0.05, 0) is 45.7 Å². The Morgan fingerprint density at radius 1 is 0.724 bits per heavy atom. The van der Waals surface area contributed by atoms with Crippen LogP contribution >= 0.6 is 0 Å². The van der Waals surface area contributed by atoms with Gasteiger partial charge in [0.1, 0.15) is 24.0 Å². The lowest BCUT2D eigenvalue weighted by molar-refractivity contribution is 0.379. The van der Waals surface area contributed by atoms with E-state index in [1.807, 2.05) is 0 Å². The van der Waals surface area contributed by atoms with Crippen LogP contribution in [0.5, 0.6) is 0 Å². The monoisotopic (exact) mass is 390 g/mol. The van der Waals surface area contributed by atoms with E-state index in [0.29, 0.717) is 0 Å². The standard InChI is InChI=1S/C23H30N6/c1-15-9-8-10-16(2)20(15)21-24-22(28-13-11-26(6)18(28)4)17(3)23(25-21)29-14-12-27(7)19(29)5/h8-14,18-19H,1-7H3/t18-,19+. The average Bonchev–Trinajstić information content (AvgIpc) is 3.18. The van der Waals surface area contributed by atoms with E-state index < -0.39 is 0 Å². The zero-order valence-electron chi connectivity index (χ0n) is 18.4. The van der Waals surface area contributed by atoms with Crippen molar-refractivity contribution in [3.05, 3.63) is 59.7 Å². The second-order valence-corrected chi connectivity index (χ2v) is 8.09. The number of rotatable bonds is 3. The van der Waals surface area contributed by atoms with Gasteiger partial charge in [-0.15, -0.1) is 0 Å². The third-order valence-electron chi connectivity index (χ3n) is 6.20. The quantitative estimate of drug-likeness (QED) is 0.782. The summed E-state index contributed by atoms with van der Waals surface area (Å²) < 4.78 is 0. The Labute approximate surface area is 173 Å². The first-order valence-corrected chi connectivity index (χ1v) is 10.1. The number of hydrogen-bond acceptors (Lipinski definition) is 6. The normalized spacial score (nSPS) is 21.1. The Bertz CT molecular complexity index is 924. The van der Waals surface area contributed by atoms with Crippen molar-refractivity contribution in [3.63, 3.8) is 0 Å². The van der Waals surface area contributed by atoms with Gasteiger partial charge in [0.05, 0.1) is 0 Å². The summed E-state index contributed by atoms with van der Waals surface area (Å²) in [5, 5.41) is 0. The maximum absolute atomic E-state index is 5.08. The molecule has 0 spiro atoms. The van der Waals surface area contributed by atoms with Crippen LogP contribution in [0.2, 0.25) is 0 Å². The molecule has 0 saturated heterocycles. The van der Waals surface area contributed by atoms with E-state index in [1.165, 1.54) is 11.1 Å². The fourth-order valence-corrected chi connectivity index (χ4v) is 4.01. The summed E-state index contributed by atoms with van der Waals surface area (Å²) in [7, 11) is 4.18. The number of hydrogen-bond donors (Lipinski definition) is 0. The van der Waals surface area contributed by atoms with Crippen LogP contribution in [0, 0.1) is 20.8 Å². The molecule has 0 fully saturated rings. The first-order chi connectivity index (χ1) is 13.8. The lowest BCUT2D eigenvalue weighted by Crippen LogP contribution is -2.36. The van der Waals surface area contributed by atoms with Gasteiger partial charge < -0.3 is 19.6 Å². The number of aryl methyl sites for hydroxylation is 2. The van der Waals surface area contributed by atoms with Crippen LogP contribution in [-0.4, -0.2) is 46.2 Å². The summed E-state index contributed by atoms with van der Waals surface area (Å²) in [6, 6.07) is 6.34. The van der Waals surface area contributed by atoms with Crippen LogP contribution < -0.4 is 9.80 Å². The van der Waals surface area contributed by atoms with E-state index >= 15 is 0 Å². The topological polar surface area (TPSA) is 38.7 Å². The molecular weight excluding hydrogens is 360 g/mol. The number of benzene rings is 1. The second-order valence-electron chi connectivity index (χ2n) is 8.09. The van der Waals surface area contributed by atoms with Gasteiger partial charge in [-0.25, -0.2) is 9.97 Å². The molecule has 1 aromatic carbocycles. The fourth-order valence-electron chi connectivity index (χ4n) is 4.01. The molecule has 6 nitrogen and oxygen atoms in total. The minimum atomic E-state index is 0.205. The largest absolute Gasteiger partial charge is 0.359 e. The van der Waals surface area contributed by atoms with Gasteiger partial charge in [-0.3, -0.25) is 0 Å². The van der Waals surface area contributed by atoms with Gasteiger partial charge in [0.25, 0.3) is 0 Å². The van der Waals surface area contributed by atoms with Gasteiger partial charge in [0.2, 0.25) is 0 Å². The van der Waals surface area contributed by atoms with Crippen LogP contribution in [0.1, 0.15) is 30.5 Å². The Kier molecular flexibility index (Phi) is 4.73.